The Hall–Kier alpha value is -3.28. The van der Waals surface area contributed by atoms with Crippen LogP contribution >= 0.6 is 0 Å². The van der Waals surface area contributed by atoms with Gasteiger partial charge in [0.1, 0.15) is 0 Å². The van der Waals surface area contributed by atoms with Gasteiger partial charge in [-0.15, -0.1) is 0 Å². The highest BCUT2D eigenvalue weighted by molar-refractivity contribution is 5.98. The van der Waals surface area contributed by atoms with E-state index in [1.54, 1.807) is 20.2 Å². The van der Waals surface area contributed by atoms with Crippen LogP contribution in [0.25, 0.3) is 6.08 Å². The predicted octanol–water partition coefficient (Wildman–Crippen LogP) is 4.60. The molecule has 0 bridgehead atoms. The van der Waals surface area contributed by atoms with Crippen LogP contribution in [-0.2, 0) is 9.59 Å². The number of benzene rings is 2. The monoisotopic (exact) mass is 424 g/mol. The number of para-hydroxylation sites is 1. The molecule has 0 aliphatic rings. The molecule has 0 saturated heterocycles. The van der Waals surface area contributed by atoms with Crippen LogP contribution in [0.2, 0.25) is 0 Å². The van der Waals surface area contributed by atoms with E-state index in [9.17, 15) is 9.59 Å². The Bertz CT molecular complexity index is 917. The van der Waals surface area contributed by atoms with E-state index in [-0.39, 0.29) is 18.4 Å². The first-order valence-corrected chi connectivity index (χ1v) is 10.5. The molecule has 166 valence electrons. The molecule has 6 heteroatoms. The fraction of sp³-hybridized carbons (Fsp3) is 0.360. The Balaban J connectivity index is 1.96. The lowest BCUT2D eigenvalue weighted by atomic mass is 10.1. The van der Waals surface area contributed by atoms with Crippen LogP contribution in [-0.4, -0.2) is 44.0 Å². The van der Waals surface area contributed by atoms with E-state index in [2.05, 4.69) is 12.2 Å². The quantitative estimate of drug-likeness (QED) is 0.447. The van der Waals surface area contributed by atoms with Gasteiger partial charge in [-0.25, -0.2) is 0 Å². The molecule has 1 N–H and O–H groups in total. The Labute approximate surface area is 184 Å². The number of carbonyl (C=O) groups excluding carboxylic acids is 2. The van der Waals surface area contributed by atoms with Gasteiger partial charge in [-0.3, -0.25) is 9.59 Å². The maximum absolute atomic E-state index is 12.4. The van der Waals surface area contributed by atoms with Crippen LogP contribution in [0.1, 0.15) is 36.5 Å². The Morgan fingerprint density at radius 3 is 2.45 bits per heavy atom. The maximum Gasteiger partial charge on any atom is 0.246 e. The second-order valence-corrected chi connectivity index (χ2v) is 7.45. The van der Waals surface area contributed by atoms with Crippen molar-refractivity contribution in [1.29, 1.82) is 0 Å². The van der Waals surface area contributed by atoms with Gasteiger partial charge in [-0.2, -0.15) is 0 Å². The summed E-state index contributed by atoms with van der Waals surface area (Å²) in [5.41, 5.74) is 3.57. The first kappa shape index (κ1) is 24.0. The standard InChI is InChI=1S/C25H32N2O4/c1-6-7-15-31-21-13-11-20(16-22(21)30-5)12-14-24(29)27(4)17-23(28)26-25-18(2)9-8-10-19(25)3/h8-14,16H,6-7,15,17H2,1-5H3,(H,26,28). The van der Waals surface area contributed by atoms with Crippen LogP contribution in [0, 0.1) is 13.8 Å². The molecule has 6 nitrogen and oxygen atoms in total. The van der Waals surface area contributed by atoms with Crippen LogP contribution in [0.3, 0.4) is 0 Å². The molecule has 2 aromatic carbocycles. The van der Waals surface area contributed by atoms with Gasteiger partial charge in [0, 0.05) is 18.8 Å². The molecule has 0 radical (unpaired) electrons. The molecule has 0 atom stereocenters. The number of nitrogens with one attached hydrogen (secondary N) is 1. The molecule has 0 aliphatic heterocycles. The number of nitrogens with zero attached hydrogens (tertiary/aromatic N) is 1. The number of amides is 2. The number of unbranched alkanes of at least 4 members (excludes halogenated alkanes) is 1. The minimum atomic E-state index is -0.265. The van der Waals surface area contributed by atoms with Crippen LogP contribution in [0.4, 0.5) is 5.69 Å². The van der Waals surface area contributed by atoms with E-state index >= 15 is 0 Å². The Morgan fingerprint density at radius 1 is 1.10 bits per heavy atom. The van der Waals surface area contributed by atoms with Crippen molar-refractivity contribution in [3.05, 3.63) is 59.2 Å². The molecule has 2 amide bonds. The van der Waals surface area contributed by atoms with Crippen molar-refractivity contribution in [2.45, 2.75) is 33.6 Å². The zero-order valence-corrected chi connectivity index (χ0v) is 19.0. The lowest BCUT2D eigenvalue weighted by Crippen LogP contribution is -2.34. The number of anilines is 1. The summed E-state index contributed by atoms with van der Waals surface area (Å²) in [5.74, 6) is 0.794. The third-order valence-electron chi connectivity index (χ3n) is 4.86. The summed E-state index contributed by atoms with van der Waals surface area (Å²) < 4.78 is 11.1. The summed E-state index contributed by atoms with van der Waals surface area (Å²) in [5, 5.41) is 2.89. The van der Waals surface area contributed by atoms with Gasteiger partial charge in [0.25, 0.3) is 0 Å². The summed E-state index contributed by atoms with van der Waals surface area (Å²) in [7, 11) is 3.19. The average Bonchev–Trinajstić information content (AvgIpc) is 2.75. The molecule has 2 aromatic rings. The Morgan fingerprint density at radius 2 is 1.81 bits per heavy atom. The molecule has 0 aromatic heterocycles. The first-order chi connectivity index (χ1) is 14.8. The van der Waals surface area contributed by atoms with Crippen molar-refractivity contribution >= 4 is 23.6 Å². The first-order valence-electron chi connectivity index (χ1n) is 10.5. The molecule has 0 aliphatic carbocycles. The maximum atomic E-state index is 12.4. The van der Waals surface area contributed by atoms with Crippen LogP contribution < -0.4 is 14.8 Å². The number of hydrogen-bond acceptors (Lipinski definition) is 4. The van der Waals surface area contributed by atoms with E-state index in [0.717, 1.165) is 35.2 Å². The summed E-state index contributed by atoms with van der Waals surface area (Å²) in [6.45, 7) is 6.58. The lowest BCUT2D eigenvalue weighted by molar-refractivity contribution is -0.129. The van der Waals surface area contributed by atoms with E-state index in [0.29, 0.717) is 18.1 Å². The zero-order valence-electron chi connectivity index (χ0n) is 19.0. The normalized spacial score (nSPS) is 10.7. The number of ether oxygens (including phenoxy) is 2. The molecular weight excluding hydrogens is 392 g/mol. The van der Waals surface area contributed by atoms with Crippen molar-refractivity contribution in [2.75, 3.05) is 32.6 Å². The van der Waals surface area contributed by atoms with E-state index < -0.39 is 0 Å². The van der Waals surface area contributed by atoms with Gasteiger partial charge in [-0.05, 0) is 55.2 Å². The summed E-state index contributed by atoms with van der Waals surface area (Å²) in [6, 6.07) is 11.3. The average molecular weight is 425 g/mol. The second-order valence-electron chi connectivity index (χ2n) is 7.45. The molecule has 2 rings (SSSR count). The van der Waals surface area contributed by atoms with Crippen molar-refractivity contribution in [2.24, 2.45) is 0 Å². The highest BCUT2D eigenvalue weighted by Crippen LogP contribution is 2.28. The zero-order chi connectivity index (χ0) is 22.8. The van der Waals surface area contributed by atoms with E-state index in [1.807, 2.05) is 50.2 Å². The largest absolute Gasteiger partial charge is 0.493 e. The van der Waals surface area contributed by atoms with Crippen molar-refractivity contribution in [3.63, 3.8) is 0 Å². The SMILES string of the molecule is CCCCOc1ccc(C=CC(=O)N(C)CC(=O)Nc2c(C)cccc2C)cc1OC. The van der Waals surface area contributed by atoms with Crippen LogP contribution in [0.5, 0.6) is 11.5 Å². The number of aryl methyl sites for hydroxylation is 2. The van der Waals surface area contributed by atoms with E-state index in [1.165, 1.54) is 11.0 Å². The number of rotatable bonds is 10. The third kappa shape index (κ3) is 7.17. The minimum absolute atomic E-state index is 0.0372. The Kier molecular flexibility index (Phi) is 9.13. The summed E-state index contributed by atoms with van der Waals surface area (Å²) in [6.07, 6.45) is 5.17. The topological polar surface area (TPSA) is 67.9 Å². The summed E-state index contributed by atoms with van der Waals surface area (Å²) >= 11 is 0. The van der Waals surface area contributed by atoms with Gasteiger partial charge < -0.3 is 19.7 Å². The predicted molar refractivity (Wildman–Crippen MR) is 125 cm³/mol. The molecule has 0 saturated carbocycles. The second kappa shape index (κ2) is 11.8. The van der Waals surface area contributed by atoms with Gasteiger partial charge in [0.2, 0.25) is 11.8 Å². The van der Waals surface area contributed by atoms with Crippen LogP contribution in [0.15, 0.2) is 42.5 Å². The lowest BCUT2D eigenvalue weighted by Gasteiger charge is -2.16. The molecule has 31 heavy (non-hydrogen) atoms. The minimum Gasteiger partial charge on any atom is -0.493 e. The number of carbonyl (C=O) groups is 2. The van der Waals surface area contributed by atoms with Gasteiger partial charge in [0.15, 0.2) is 11.5 Å². The molecule has 0 spiro atoms. The third-order valence-corrected chi connectivity index (χ3v) is 4.86. The fourth-order valence-corrected chi connectivity index (χ4v) is 3.01. The van der Waals surface area contributed by atoms with Crippen molar-refractivity contribution in [3.8, 4) is 11.5 Å². The molecule has 0 heterocycles. The van der Waals surface area contributed by atoms with E-state index in [4.69, 9.17) is 9.47 Å². The van der Waals surface area contributed by atoms with Crippen molar-refractivity contribution in [1.82, 2.24) is 4.90 Å². The van der Waals surface area contributed by atoms with Gasteiger partial charge >= 0.3 is 0 Å². The summed E-state index contributed by atoms with van der Waals surface area (Å²) in [4.78, 5) is 26.2. The fourth-order valence-electron chi connectivity index (χ4n) is 3.01. The van der Waals surface area contributed by atoms with Gasteiger partial charge in [0.05, 0.1) is 20.3 Å². The molecule has 0 fully saturated rings. The smallest absolute Gasteiger partial charge is 0.246 e. The highest BCUT2D eigenvalue weighted by Gasteiger charge is 2.13. The van der Waals surface area contributed by atoms with Gasteiger partial charge in [-0.1, -0.05) is 37.6 Å². The van der Waals surface area contributed by atoms with Crippen molar-refractivity contribution < 1.29 is 19.1 Å². The molecule has 0 unspecified atom stereocenters. The number of methoxy groups -OCH3 is 1. The number of hydrogen-bond donors (Lipinski definition) is 1. The number of likely N-dealkylation sites (N-methyl/N-ethyl adjacent to an activating group) is 1. The molecular formula is C25H32N2O4. The highest BCUT2D eigenvalue weighted by atomic mass is 16.5.